The van der Waals surface area contributed by atoms with E-state index < -0.39 is 10.9 Å². The van der Waals surface area contributed by atoms with Gasteiger partial charge in [-0.25, -0.2) is 4.79 Å². The summed E-state index contributed by atoms with van der Waals surface area (Å²) < 4.78 is 10.7. The van der Waals surface area contributed by atoms with Crippen LogP contribution in [0.5, 0.6) is 0 Å². The molecular weight excluding hydrogens is 312 g/mol. The normalized spacial score (nSPS) is 11.4. The van der Waals surface area contributed by atoms with Crippen molar-refractivity contribution in [2.75, 3.05) is 6.61 Å². The number of hydrogen-bond acceptors (Lipinski definition) is 5. The van der Waals surface area contributed by atoms with Crippen molar-refractivity contribution in [2.24, 2.45) is 0 Å². The maximum Gasteiger partial charge on any atom is 0.362 e. The molecule has 0 bridgehead atoms. The number of H-pyrrole nitrogens is 1. The molecule has 4 aromatic rings. The number of carbonyl (C=O) groups is 1. The lowest BCUT2D eigenvalue weighted by Gasteiger charge is -1.98. The van der Waals surface area contributed by atoms with E-state index in [1.807, 2.05) is 24.3 Å². The van der Waals surface area contributed by atoms with E-state index in [1.54, 1.807) is 19.1 Å². The molecule has 0 fully saturated rings. The first-order chi connectivity index (χ1) is 11.6. The molecule has 120 valence electrons. The number of hydrogen-bond donors (Lipinski definition) is 1. The molecular formula is C17H12N2O5. The van der Waals surface area contributed by atoms with E-state index >= 15 is 0 Å². The van der Waals surface area contributed by atoms with Crippen molar-refractivity contribution in [3.8, 4) is 0 Å². The fraction of sp³-hybridized carbons (Fsp3) is 0.118. The monoisotopic (exact) mass is 324 g/mol. The summed E-state index contributed by atoms with van der Waals surface area (Å²) in [5.74, 6) is -0.760. The standard InChI is InChI=1S/C17H12N2O5/c1-2-23-17(20)14-15(19(21)22)13-11(18-14)8-7-10-9-5-3-4-6-12(9)24-16(10)13/h3-8,18H,2H2,1H3. The number of nitrogens with zero attached hydrogens (tertiary/aromatic N) is 1. The van der Waals surface area contributed by atoms with E-state index in [4.69, 9.17) is 9.15 Å². The van der Waals surface area contributed by atoms with Crippen molar-refractivity contribution in [3.05, 3.63) is 52.2 Å². The summed E-state index contributed by atoms with van der Waals surface area (Å²) >= 11 is 0. The van der Waals surface area contributed by atoms with E-state index in [1.165, 1.54) is 0 Å². The van der Waals surface area contributed by atoms with Crippen LogP contribution in [0.3, 0.4) is 0 Å². The van der Waals surface area contributed by atoms with Gasteiger partial charge in [-0.2, -0.15) is 0 Å². The number of aromatic nitrogens is 1. The lowest BCUT2D eigenvalue weighted by Crippen LogP contribution is -2.07. The van der Waals surface area contributed by atoms with Crippen LogP contribution in [0.2, 0.25) is 0 Å². The minimum atomic E-state index is -0.760. The van der Waals surface area contributed by atoms with Crippen LogP contribution in [0.15, 0.2) is 40.8 Å². The Kier molecular flexibility index (Phi) is 3.02. The van der Waals surface area contributed by atoms with Crippen molar-refractivity contribution >= 4 is 44.5 Å². The zero-order chi connectivity index (χ0) is 16.8. The Bertz CT molecular complexity index is 1120. The Hall–Kier alpha value is -3.35. The van der Waals surface area contributed by atoms with Gasteiger partial charge in [0.2, 0.25) is 5.69 Å². The molecule has 0 amide bonds. The number of fused-ring (bicyclic) bond motifs is 5. The molecule has 0 aliphatic carbocycles. The second-order valence-electron chi connectivity index (χ2n) is 5.29. The predicted molar refractivity (Wildman–Crippen MR) is 88.2 cm³/mol. The first-order valence-electron chi connectivity index (χ1n) is 7.39. The van der Waals surface area contributed by atoms with Gasteiger partial charge in [0.15, 0.2) is 5.58 Å². The summed E-state index contributed by atoms with van der Waals surface area (Å²) in [6.45, 7) is 1.77. The molecule has 0 spiro atoms. The number of esters is 1. The molecule has 24 heavy (non-hydrogen) atoms. The van der Waals surface area contributed by atoms with Gasteiger partial charge in [-0.15, -0.1) is 0 Å². The van der Waals surface area contributed by atoms with Gasteiger partial charge in [0.25, 0.3) is 0 Å². The highest BCUT2D eigenvalue weighted by Gasteiger charge is 2.30. The number of furan rings is 1. The van der Waals surface area contributed by atoms with Gasteiger partial charge in [-0.1, -0.05) is 18.2 Å². The van der Waals surface area contributed by atoms with Crippen LogP contribution in [0.4, 0.5) is 5.69 Å². The van der Waals surface area contributed by atoms with Crippen LogP contribution in [-0.2, 0) is 4.74 Å². The van der Waals surface area contributed by atoms with E-state index in [2.05, 4.69) is 4.98 Å². The van der Waals surface area contributed by atoms with Gasteiger partial charge < -0.3 is 14.1 Å². The number of benzene rings is 2. The maximum atomic E-state index is 12.1. The summed E-state index contributed by atoms with van der Waals surface area (Å²) in [4.78, 5) is 25.9. The fourth-order valence-corrected chi connectivity index (χ4v) is 2.98. The quantitative estimate of drug-likeness (QED) is 0.347. The first-order valence-corrected chi connectivity index (χ1v) is 7.39. The van der Waals surface area contributed by atoms with E-state index in [-0.39, 0.29) is 23.4 Å². The molecule has 7 nitrogen and oxygen atoms in total. The SMILES string of the molecule is CCOC(=O)c1[nH]c2ccc3c4ccccc4oc3c2c1[N+](=O)[O-]. The van der Waals surface area contributed by atoms with Crippen LogP contribution < -0.4 is 0 Å². The lowest BCUT2D eigenvalue weighted by atomic mass is 10.1. The molecule has 0 saturated carbocycles. The van der Waals surface area contributed by atoms with E-state index in [0.29, 0.717) is 16.7 Å². The van der Waals surface area contributed by atoms with Gasteiger partial charge in [-0.3, -0.25) is 10.1 Å². The first kappa shape index (κ1) is 14.3. The third-order valence-corrected chi connectivity index (χ3v) is 3.94. The van der Waals surface area contributed by atoms with Gasteiger partial charge in [-0.05, 0) is 25.1 Å². The topological polar surface area (TPSA) is 98.4 Å². The Labute approximate surface area is 135 Å². The van der Waals surface area contributed by atoms with Crippen LogP contribution in [0.1, 0.15) is 17.4 Å². The van der Waals surface area contributed by atoms with Crippen LogP contribution in [-0.4, -0.2) is 22.5 Å². The van der Waals surface area contributed by atoms with E-state index in [0.717, 1.165) is 10.8 Å². The van der Waals surface area contributed by atoms with Gasteiger partial charge in [0.05, 0.1) is 17.0 Å². The largest absolute Gasteiger partial charge is 0.461 e. The summed E-state index contributed by atoms with van der Waals surface area (Å²) in [6.07, 6.45) is 0. The molecule has 0 atom stereocenters. The van der Waals surface area contributed by atoms with Crippen LogP contribution in [0, 0.1) is 10.1 Å². The van der Waals surface area contributed by atoms with Crippen molar-refractivity contribution in [1.29, 1.82) is 0 Å². The number of rotatable bonds is 3. The maximum absolute atomic E-state index is 12.1. The number of para-hydroxylation sites is 1. The average Bonchev–Trinajstić information content (AvgIpc) is 3.13. The number of nitro groups is 1. The van der Waals surface area contributed by atoms with Gasteiger partial charge >= 0.3 is 11.7 Å². The highest BCUT2D eigenvalue weighted by molar-refractivity contribution is 6.19. The molecule has 4 rings (SSSR count). The number of aromatic amines is 1. The minimum absolute atomic E-state index is 0.130. The highest BCUT2D eigenvalue weighted by atomic mass is 16.6. The average molecular weight is 324 g/mol. The zero-order valence-electron chi connectivity index (χ0n) is 12.7. The Balaban J connectivity index is 2.15. The summed E-state index contributed by atoms with van der Waals surface area (Å²) in [5.41, 5.74) is 0.967. The second kappa shape index (κ2) is 5.09. The molecule has 2 aromatic carbocycles. The zero-order valence-corrected chi connectivity index (χ0v) is 12.7. The molecule has 0 saturated heterocycles. The number of carbonyl (C=O) groups excluding carboxylic acids is 1. The Morgan fingerprint density at radius 1 is 1.25 bits per heavy atom. The van der Waals surface area contributed by atoms with Gasteiger partial charge in [0, 0.05) is 10.8 Å². The third-order valence-electron chi connectivity index (χ3n) is 3.94. The Morgan fingerprint density at radius 3 is 2.79 bits per heavy atom. The highest BCUT2D eigenvalue weighted by Crippen LogP contribution is 2.39. The molecule has 2 heterocycles. The molecule has 0 radical (unpaired) electrons. The van der Waals surface area contributed by atoms with Crippen LogP contribution in [0.25, 0.3) is 32.8 Å². The smallest absolute Gasteiger partial charge is 0.362 e. The molecule has 2 aromatic heterocycles. The molecule has 0 aliphatic heterocycles. The predicted octanol–water partition coefficient (Wildman–Crippen LogP) is 4.15. The molecule has 0 unspecified atom stereocenters. The van der Waals surface area contributed by atoms with Crippen LogP contribution >= 0.6 is 0 Å². The summed E-state index contributed by atoms with van der Waals surface area (Å²) in [6, 6.07) is 10.9. The molecule has 1 N–H and O–H groups in total. The summed E-state index contributed by atoms with van der Waals surface area (Å²) in [7, 11) is 0. The minimum Gasteiger partial charge on any atom is -0.461 e. The van der Waals surface area contributed by atoms with Crippen molar-refractivity contribution in [3.63, 3.8) is 0 Å². The fourth-order valence-electron chi connectivity index (χ4n) is 2.98. The summed E-state index contributed by atoms with van der Waals surface area (Å²) in [5, 5.41) is 13.5. The van der Waals surface area contributed by atoms with Crippen molar-refractivity contribution in [2.45, 2.75) is 6.92 Å². The molecule has 0 aliphatic rings. The van der Waals surface area contributed by atoms with Gasteiger partial charge in [0.1, 0.15) is 11.0 Å². The van der Waals surface area contributed by atoms with Crippen molar-refractivity contribution in [1.82, 2.24) is 4.98 Å². The van der Waals surface area contributed by atoms with E-state index in [9.17, 15) is 14.9 Å². The molecule has 7 heteroatoms. The number of ether oxygens (including phenoxy) is 1. The number of nitrogens with one attached hydrogen (secondary N) is 1. The Morgan fingerprint density at radius 2 is 2.04 bits per heavy atom. The second-order valence-corrected chi connectivity index (χ2v) is 5.29. The van der Waals surface area contributed by atoms with Crippen molar-refractivity contribution < 1.29 is 18.9 Å². The third kappa shape index (κ3) is 1.88. The lowest BCUT2D eigenvalue weighted by molar-refractivity contribution is -0.383.